The van der Waals surface area contributed by atoms with Crippen LogP contribution in [0.1, 0.15) is 51.4 Å². The molecule has 0 aromatic rings. The summed E-state index contributed by atoms with van der Waals surface area (Å²) in [7, 11) is 0. The Morgan fingerprint density at radius 2 is 0.437 bits per heavy atom. The maximum Gasteiger partial charge on any atom is 0.315 e. The maximum atomic E-state index is 12.1. The van der Waals surface area contributed by atoms with Crippen molar-refractivity contribution in [2.24, 2.45) is 0 Å². The van der Waals surface area contributed by atoms with E-state index in [1.54, 1.807) is 0 Å². The fourth-order valence-corrected chi connectivity index (χ4v) is 13.3. The monoisotopic (exact) mass is 1520 g/mol. The zero-order valence-electron chi connectivity index (χ0n) is 61.3. The van der Waals surface area contributed by atoms with Crippen LogP contribution < -0.4 is 31.9 Å². The Morgan fingerprint density at radius 3 is 0.621 bits per heavy atom. The van der Waals surface area contributed by atoms with Crippen LogP contribution in [0.2, 0.25) is 0 Å². The number of hydrogen-bond acceptors (Lipinski definition) is 29. The Hall–Kier alpha value is -2.74. The first-order valence-electron chi connectivity index (χ1n) is 37.2. The van der Waals surface area contributed by atoms with E-state index in [0.29, 0.717) is 340 Å². The van der Waals surface area contributed by atoms with Gasteiger partial charge < -0.3 is 141 Å². The number of nitrogens with one attached hydrogen (secondary N) is 6. The zero-order valence-corrected chi connectivity index (χ0v) is 62.9. The van der Waals surface area contributed by atoms with Gasteiger partial charge in [-0.1, -0.05) is 12.8 Å². The van der Waals surface area contributed by atoms with Crippen LogP contribution in [0.15, 0.2) is 0 Å². The molecule has 4 saturated heterocycles. The molecule has 4 aliphatic rings. The standard InChI is InChI=1S/C68H128N6O27S2/c75-63(7-3-1-5-61-65-59(57-102-61)71-67(77)73-65)69-9-11-79-13-15-81-17-19-83-21-23-85-25-27-87-29-31-89-33-35-91-37-39-93-41-43-95-45-47-97-49-51-99-53-55-101-56-54-100-52-50-98-48-46-96-44-42-94-40-38-92-36-34-90-32-30-88-28-26-86-24-22-84-20-18-82-16-14-80-12-10-70-64(76)8-4-2-6-62-66-60(58-103-62)72-68(78)74-66/h59-62,65-66H,1-58H2,(H,69,75)(H,70,76)(H2,71,73,77)(H2,72,74,78)/t59-,60-,61-,62-,65-,66-/m0/s1. The lowest BCUT2D eigenvalue weighted by molar-refractivity contribution is -0.122. The Morgan fingerprint density at radius 1 is 0.262 bits per heavy atom. The van der Waals surface area contributed by atoms with E-state index in [1.807, 2.05) is 23.5 Å². The van der Waals surface area contributed by atoms with Gasteiger partial charge in [-0.05, 0) is 25.7 Å². The molecule has 4 rings (SSSR count). The zero-order chi connectivity index (χ0) is 72.7. The van der Waals surface area contributed by atoms with E-state index < -0.39 is 0 Å². The molecule has 103 heavy (non-hydrogen) atoms. The van der Waals surface area contributed by atoms with E-state index in [1.165, 1.54) is 0 Å². The van der Waals surface area contributed by atoms with Crippen LogP contribution in [-0.2, 0) is 119 Å². The number of rotatable bonds is 82. The van der Waals surface area contributed by atoms with Crippen molar-refractivity contribution < 1.29 is 128 Å². The van der Waals surface area contributed by atoms with Gasteiger partial charge in [0.1, 0.15) is 0 Å². The predicted molar refractivity (Wildman–Crippen MR) is 383 cm³/mol. The molecule has 4 heterocycles. The summed E-state index contributed by atoms with van der Waals surface area (Å²) in [4.78, 5) is 47.2. The van der Waals surface area contributed by atoms with Crippen LogP contribution in [0.3, 0.4) is 0 Å². The first kappa shape index (κ1) is 92.6. The summed E-state index contributed by atoms with van der Waals surface area (Å²) in [5.41, 5.74) is 0. The highest BCUT2D eigenvalue weighted by molar-refractivity contribution is 8.00. The molecule has 6 N–H and O–H groups in total. The summed E-state index contributed by atoms with van der Waals surface area (Å²) in [5, 5.41) is 18.6. The molecule has 0 bridgehead atoms. The number of urea groups is 2. The fourth-order valence-electron chi connectivity index (χ4n) is 10.2. The van der Waals surface area contributed by atoms with Crippen LogP contribution in [0.4, 0.5) is 9.59 Å². The van der Waals surface area contributed by atoms with Gasteiger partial charge in [0, 0.05) is 47.9 Å². The highest BCUT2D eigenvalue weighted by Crippen LogP contribution is 2.34. The molecule has 0 aromatic heterocycles. The molecule has 35 heteroatoms. The number of unbranched alkanes of at least 4 members (excludes halogenated alkanes) is 2. The second kappa shape index (κ2) is 70.9. The van der Waals surface area contributed by atoms with Crippen LogP contribution in [0.5, 0.6) is 0 Å². The summed E-state index contributed by atoms with van der Waals surface area (Å²) in [6, 6.07) is 0.765. The van der Waals surface area contributed by atoms with Gasteiger partial charge in [-0.3, -0.25) is 9.59 Å². The van der Waals surface area contributed by atoms with Crippen LogP contribution >= 0.6 is 23.5 Å². The van der Waals surface area contributed by atoms with Crippen molar-refractivity contribution in [3.63, 3.8) is 0 Å². The molecule has 0 radical (unpaired) electrons. The van der Waals surface area contributed by atoms with Crippen LogP contribution in [0, 0.1) is 0 Å². The molecule has 4 fully saturated rings. The number of fused-ring (bicyclic) bond motifs is 2. The van der Waals surface area contributed by atoms with Crippen molar-refractivity contribution in [3.8, 4) is 0 Å². The molecule has 0 aromatic carbocycles. The molecule has 6 atom stereocenters. The lowest BCUT2D eigenvalue weighted by Gasteiger charge is -2.16. The average molecular weight is 1530 g/mol. The SMILES string of the molecule is O=C(CCCC[C@@H]1SC[C@@H]2NC(=O)N[C@@H]21)NCCOCCOCCOCCOCCOCCOCCOCCOCCOCCOCCOCCOCCOCCOCCOCCOCCOCCOCCOCCOCCOCCOCCOCCNC(=O)CCCC[C@@H]1SC[C@@H]2NC(=O)N[C@@H]21. The number of ether oxygens (including phenoxy) is 23. The van der Waals surface area contributed by atoms with Crippen molar-refractivity contribution in [1.29, 1.82) is 0 Å². The first-order chi connectivity index (χ1) is 51.0. The van der Waals surface area contributed by atoms with Gasteiger partial charge in [0.25, 0.3) is 0 Å². The summed E-state index contributed by atoms with van der Waals surface area (Å²) in [5.74, 6) is 1.98. The minimum Gasteiger partial charge on any atom is -0.377 e. The van der Waals surface area contributed by atoms with Gasteiger partial charge in [-0.2, -0.15) is 23.5 Å². The van der Waals surface area contributed by atoms with Crippen LogP contribution in [0.25, 0.3) is 0 Å². The van der Waals surface area contributed by atoms with Gasteiger partial charge in [-0.25, -0.2) is 9.59 Å². The summed E-state index contributed by atoms with van der Waals surface area (Å²) >= 11 is 3.80. The van der Waals surface area contributed by atoms with E-state index in [2.05, 4.69) is 31.9 Å². The molecule has 0 aliphatic carbocycles. The number of amides is 6. The van der Waals surface area contributed by atoms with E-state index in [9.17, 15) is 19.2 Å². The topological polar surface area (TPSA) is 353 Å². The predicted octanol–water partition coefficient (Wildman–Crippen LogP) is 1.05. The van der Waals surface area contributed by atoms with Crippen molar-refractivity contribution in [2.45, 2.75) is 86.0 Å². The Labute approximate surface area is 619 Å². The Bertz CT molecular complexity index is 1830. The highest BCUT2D eigenvalue weighted by atomic mass is 32.2. The van der Waals surface area contributed by atoms with Gasteiger partial charge >= 0.3 is 12.1 Å². The van der Waals surface area contributed by atoms with Crippen LogP contribution in [-0.4, -0.2) is 387 Å². The molecule has 0 saturated carbocycles. The van der Waals surface area contributed by atoms with E-state index >= 15 is 0 Å². The third-order valence-corrected chi connectivity index (χ3v) is 18.5. The lowest BCUT2D eigenvalue weighted by Crippen LogP contribution is -2.36. The molecule has 0 spiro atoms. The Kier molecular flexibility index (Phi) is 63.8. The maximum absolute atomic E-state index is 12.1. The fraction of sp³-hybridized carbons (Fsp3) is 0.941. The molecular formula is C68H128N6O27S2. The normalized spacial score (nSPS) is 18.3. The smallest absolute Gasteiger partial charge is 0.315 e. The van der Waals surface area contributed by atoms with Gasteiger partial charge in [0.15, 0.2) is 0 Å². The molecule has 604 valence electrons. The average Bonchev–Trinajstić information content (AvgIpc) is 1.68. The Balaban J connectivity index is 0.679. The largest absolute Gasteiger partial charge is 0.377 e. The minimum absolute atomic E-state index is 0.0362. The van der Waals surface area contributed by atoms with E-state index in [0.717, 1.165) is 50.0 Å². The van der Waals surface area contributed by atoms with Crippen molar-refractivity contribution in [3.05, 3.63) is 0 Å². The molecule has 6 amide bonds. The lowest BCUT2D eigenvalue weighted by atomic mass is 10.0. The van der Waals surface area contributed by atoms with E-state index in [4.69, 9.17) is 109 Å². The highest BCUT2D eigenvalue weighted by Gasteiger charge is 2.43. The third-order valence-electron chi connectivity index (χ3n) is 15.5. The molecular weight excluding hydrogens is 1400 g/mol. The molecule has 0 unspecified atom stereocenters. The number of carbonyl (C=O) groups is 4. The van der Waals surface area contributed by atoms with Crippen molar-refractivity contribution >= 4 is 47.4 Å². The quantitative estimate of drug-likeness (QED) is 0.0366. The number of hydrogen-bond donors (Lipinski definition) is 6. The number of carbonyl (C=O) groups excluding carboxylic acids is 4. The van der Waals surface area contributed by atoms with Gasteiger partial charge in [0.2, 0.25) is 11.8 Å². The molecule has 4 aliphatic heterocycles. The summed E-state index contributed by atoms with van der Waals surface area (Å²) in [6.45, 7) is 22.6. The van der Waals surface area contributed by atoms with Gasteiger partial charge in [-0.15, -0.1) is 0 Å². The summed E-state index contributed by atoms with van der Waals surface area (Å²) in [6.07, 6.45) is 6.60. The second-order valence-corrected chi connectivity index (χ2v) is 26.1. The molecule has 33 nitrogen and oxygen atoms in total. The minimum atomic E-state index is -0.0661. The second-order valence-electron chi connectivity index (χ2n) is 23.5. The van der Waals surface area contributed by atoms with Crippen molar-refractivity contribution in [2.75, 3.05) is 329 Å². The number of thioether (sulfide) groups is 2. The van der Waals surface area contributed by atoms with E-state index in [-0.39, 0.29) is 48.0 Å². The van der Waals surface area contributed by atoms with Crippen molar-refractivity contribution in [1.82, 2.24) is 31.9 Å². The van der Waals surface area contributed by atoms with Gasteiger partial charge in [0.05, 0.1) is 328 Å². The summed E-state index contributed by atoms with van der Waals surface area (Å²) < 4.78 is 127. The third kappa shape index (κ3) is 56.2. The first-order valence-corrected chi connectivity index (χ1v) is 39.3.